The van der Waals surface area contributed by atoms with Crippen molar-refractivity contribution in [3.05, 3.63) is 56.6 Å². The van der Waals surface area contributed by atoms with Gasteiger partial charge >= 0.3 is 0 Å². The molecule has 2 heterocycles. The van der Waals surface area contributed by atoms with Gasteiger partial charge in [-0.05, 0) is 55.2 Å². The zero-order chi connectivity index (χ0) is 18.0. The van der Waals surface area contributed by atoms with Crippen LogP contribution >= 0.6 is 39.5 Å². The van der Waals surface area contributed by atoms with Gasteiger partial charge in [-0.3, -0.25) is 14.5 Å². The van der Waals surface area contributed by atoms with E-state index in [-0.39, 0.29) is 11.9 Å². The molecule has 5 nitrogen and oxygen atoms in total. The second kappa shape index (κ2) is 7.63. The number of rotatable bonds is 5. The Morgan fingerprint density at radius 2 is 2.16 bits per heavy atom. The maximum Gasteiger partial charge on any atom is 0.243 e. The van der Waals surface area contributed by atoms with Crippen molar-refractivity contribution in [2.45, 2.75) is 25.9 Å². The number of nitrogens with zero attached hydrogens (tertiary/aromatic N) is 2. The molecule has 1 aromatic carbocycles. The van der Waals surface area contributed by atoms with Crippen LogP contribution in [0.3, 0.4) is 0 Å². The van der Waals surface area contributed by atoms with Crippen LogP contribution in [0.1, 0.15) is 31.5 Å². The Hall–Kier alpha value is -1.77. The van der Waals surface area contributed by atoms with Gasteiger partial charge in [-0.25, -0.2) is 0 Å². The maximum absolute atomic E-state index is 12.8. The summed E-state index contributed by atoms with van der Waals surface area (Å²) >= 11 is 10.3. The molecule has 3 aromatic rings. The Labute approximate surface area is 163 Å². The quantitative estimate of drug-likeness (QED) is 0.560. The molecule has 0 bridgehead atoms. The molecule has 0 saturated heterocycles. The molecule has 0 spiro atoms. The highest BCUT2D eigenvalue weighted by Crippen LogP contribution is 2.26. The molecular formula is C17H17BrN4OS2. The van der Waals surface area contributed by atoms with Crippen LogP contribution in [-0.2, 0) is 4.79 Å². The van der Waals surface area contributed by atoms with E-state index in [4.69, 9.17) is 12.2 Å². The Balaban J connectivity index is 1.82. The van der Waals surface area contributed by atoms with Gasteiger partial charge in [0.1, 0.15) is 6.04 Å². The van der Waals surface area contributed by atoms with Crippen molar-refractivity contribution in [2.24, 2.45) is 0 Å². The van der Waals surface area contributed by atoms with Crippen LogP contribution in [-0.4, -0.2) is 20.7 Å². The van der Waals surface area contributed by atoms with Crippen molar-refractivity contribution in [3.8, 4) is 10.7 Å². The molecule has 2 N–H and O–H groups in total. The standard InChI is InChI=1S/C17H17BrN4OS2/c1-10(12-5-3-6-13(18)9-12)19-16(23)11(2)22-15(20-21-17(22)24)14-7-4-8-25-14/h3-11H,1-2H3,(H,19,23)(H,21,24)/t10-,11-/m0/s1. The number of hydrogen-bond donors (Lipinski definition) is 2. The summed E-state index contributed by atoms with van der Waals surface area (Å²) in [7, 11) is 0. The summed E-state index contributed by atoms with van der Waals surface area (Å²) in [6.07, 6.45) is 0. The molecule has 3 rings (SSSR count). The number of benzene rings is 1. The van der Waals surface area contributed by atoms with Crippen LogP contribution in [0.4, 0.5) is 0 Å². The minimum Gasteiger partial charge on any atom is -0.348 e. The smallest absolute Gasteiger partial charge is 0.243 e. The summed E-state index contributed by atoms with van der Waals surface area (Å²) in [5, 5.41) is 12.1. The Bertz CT molecular complexity index is 932. The van der Waals surface area contributed by atoms with Crippen LogP contribution < -0.4 is 5.32 Å². The summed E-state index contributed by atoms with van der Waals surface area (Å²) < 4.78 is 3.17. The summed E-state index contributed by atoms with van der Waals surface area (Å²) in [6, 6.07) is 11.2. The van der Waals surface area contributed by atoms with Crippen molar-refractivity contribution in [1.29, 1.82) is 0 Å². The SMILES string of the molecule is C[C@H](NC(=O)[C@H](C)n1c(-c2cccs2)n[nH]c1=S)c1cccc(Br)c1. The number of amides is 1. The van der Waals surface area contributed by atoms with Gasteiger partial charge < -0.3 is 5.32 Å². The van der Waals surface area contributed by atoms with Crippen LogP contribution in [0.2, 0.25) is 0 Å². The number of carbonyl (C=O) groups is 1. The normalized spacial score (nSPS) is 13.4. The number of thiophene rings is 1. The highest BCUT2D eigenvalue weighted by molar-refractivity contribution is 9.10. The van der Waals surface area contributed by atoms with E-state index in [0.29, 0.717) is 10.6 Å². The van der Waals surface area contributed by atoms with Gasteiger partial charge in [0.05, 0.1) is 10.9 Å². The fourth-order valence-electron chi connectivity index (χ4n) is 2.55. The highest BCUT2D eigenvalue weighted by atomic mass is 79.9. The van der Waals surface area contributed by atoms with E-state index in [9.17, 15) is 4.79 Å². The second-order valence-electron chi connectivity index (χ2n) is 5.66. The molecule has 0 aliphatic rings. The maximum atomic E-state index is 12.8. The van der Waals surface area contributed by atoms with Crippen molar-refractivity contribution in [1.82, 2.24) is 20.1 Å². The zero-order valence-corrected chi connectivity index (χ0v) is 16.9. The molecule has 0 fully saturated rings. The van der Waals surface area contributed by atoms with E-state index >= 15 is 0 Å². The van der Waals surface area contributed by atoms with E-state index in [1.807, 2.05) is 55.6 Å². The number of aromatic nitrogens is 3. The molecule has 25 heavy (non-hydrogen) atoms. The van der Waals surface area contributed by atoms with Gasteiger partial charge in [-0.2, -0.15) is 5.10 Å². The van der Waals surface area contributed by atoms with E-state index in [1.165, 1.54) is 0 Å². The minimum absolute atomic E-state index is 0.109. The number of hydrogen-bond acceptors (Lipinski definition) is 4. The Kier molecular flexibility index (Phi) is 5.51. The monoisotopic (exact) mass is 436 g/mol. The number of halogens is 1. The number of H-pyrrole nitrogens is 1. The highest BCUT2D eigenvalue weighted by Gasteiger charge is 2.22. The molecule has 0 aliphatic heterocycles. The summed E-state index contributed by atoms with van der Waals surface area (Å²) in [5.41, 5.74) is 1.03. The zero-order valence-electron chi connectivity index (χ0n) is 13.7. The first-order valence-electron chi connectivity index (χ1n) is 7.74. The van der Waals surface area contributed by atoms with Gasteiger partial charge in [-0.15, -0.1) is 11.3 Å². The largest absolute Gasteiger partial charge is 0.348 e. The van der Waals surface area contributed by atoms with Gasteiger partial charge in [0.25, 0.3) is 0 Å². The molecule has 0 radical (unpaired) electrons. The molecule has 130 valence electrons. The van der Waals surface area contributed by atoms with Gasteiger partial charge in [0, 0.05) is 4.47 Å². The summed E-state index contributed by atoms with van der Waals surface area (Å²) in [6.45, 7) is 3.78. The summed E-state index contributed by atoms with van der Waals surface area (Å²) in [5.74, 6) is 0.570. The summed E-state index contributed by atoms with van der Waals surface area (Å²) in [4.78, 5) is 13.7. The first-order valence-corrected chi connectivity index (χ1v) is 9.82. The first kappa shape index (κ1) is 18.0. The molecule has 0 unspecified atom stereocenters. The van der Waals surface area contributed by atoms with Crippen LogP contribution in [0.15, 0.2) is 46.3 Å². The van der Waals surface area contributed by atoms with Gasteiger partial charge in [0.2, 0.25) is 5.91 Å². The molecule has 1 amide bonds. The van der Waals surface area contributed by atoms with Crippen molar-refractivity contribution >= 4 is 45.4 Å². The predicted molar refractivity (Wildman–Crippen MR) is 106 cm³/mol. The lowest BCUT2D eigenvalue weighted by molar-refractivity contribution is -0.124. The third-order valence-electron chi connectivity index (χ3n) is 3.92. The number of nitrogens with one attached hydrogen (secondary N) is 2. The molecule has 8 heteroatoms. The van der Waals surface area contributed by atoms with E-state index in [2.05, 4.69) is 31.4 Å². The molecule has 0 saturated carbocycles. The topological polar surface area (TPSA) is 62.7 Å². The second-order valence-corrected chi connectivity index (χ2v) is 7.91. The molecule has 0 aliphatic carbocycles. The van der Waals surface area contributed by atoms with Gasteiger partial charge in [0.15, 0.2) is 10.6 Å². The average Bonchev–Trinajstić information content (AvgIpc) is 3.23. The lowest BCUT2D eigenvalue weighted by Crippen LogP contribution is -2.33. The molecule has 2 atom stereocenters. The predicted octanol–water partition coefficient (Wildman–Crippen LogP) is 4.87. The Morgan fingerprint density at radius 3 is 2.84 bits per heavy atom. The Morgan fingerprint density at radius 1 is 1.36 bits per heavy atom. The van der Waals surface area contributed by atoms with Crippen LogP contribution in [0.25, 0.3) is 10.7 Å². The van der Waals surface area contributed by atoms with E-state index in [0.717, 1.165) is 14.9 Å². The van der Waals surface area contributed by atoms with Crippen LogP contribution in [0, 0.1) is 4.77 Å². The molecular weight excluding hydrogens is 420 g/mol. The lowest BCUT2D eigenvalue weighted by atomic mass is 10.1. The van der Waals surface area contributed by atoms with Crippen molar-refractivity contribution in [3.63, 3.8) is 0 Å². The minimum atomic E-state index is -0.474. The van der Waals surface area contributed by atoms with Crippen LogP contribution in [0.5, 0.6) is 0 Å². The first-order chi connectivity index (χ1) is 12.0. The van der Waals surface area contributed by atoms with Crippen molar-refractivity contribution < 1.29 is 4.79 Å². The number of aromatic amines is 1. The van der Waals surface area contributed by atoms with Gasteiger partial charge in [-0.1, -0.05) is 34.1 Å². The fourth-order valence-corrected chi connectivity index (χ4v) is 3.97. The average molecular weight is 437 g/mol. The fraction of sp³-hybridized carbons (Fsp3) is 0.235. The van der Waals surface area contributed by atoms with E-state index < -0.39 is 6.04 Å². The number of carbonyl (C=O) groups excluding carboxylic acids is 1. The third kappa shape index (κ3) is 3.91. The lowest BCUT2D eigenvalue weighted by Gasteiger charge is -2.19. The van der Waals surface area contributed by atoms with E-state index in [1.54, 1.807) is 15.9 Å². The third-order valence-corrected chi connectivity index (χ3v) is 5.57. The molecule has 2 aromatic heterocycles. The van der Waals surface area contributed by atoms with Crippen molar-refractivity contribution in [2.75, 3.05) is 0 Å².